The summed E-state index contributed by atoms with van der Waals surface area (Å²) in [4.78, 5) is 23.2. The number of esters is 1. The Bertz CT molecular complexity index is 470. The molecule has 0 spiro atoms. The van der Waals surface area contributed by atoms with Crippen molar-refractivity contribution in [1.82, 2.24) is 5.32 Å². The van der Waals surface area contributed by atoms with Gasteiger partial charge in [-0.3, -0.25) is 9.59 Å². The zero-order valence-corrected chi connectivity index (χ0v) is 14.1. The van der Waals surface area contributed by atoms with Gasteiger partial charge in [0.1, 0.15) is 5.75 Å². The fourth-order valence-corrected chi connectivity index (χ4v) is 2.04. The van der Waals surface area contributed by atoms with Crippen molar-refractivity contribution >= 4 is 11.9 Å². The van der Waals surface area contributed by atoms with Gasteiger partial charge >= 0.3 is 5.97 Å². The van der Waals surface area contributed by atoms with Crippen LogP contribution in [0.25, 0.3) is 0 Å². The van der Waals surface area contributed by atoms with E-state index in [9.17, 15) is 9.59 Å². The van der Waals surface area contributed by atoms with E-state index in [-0.39, 0.29) is 11.9 Å². The second kappa shape index (κ2) is 11.5. The predicted octanol–water partition coefficient (Wildman–Crippen LogP) is 3.22. The van der Waals surface area contributed by atoms with E-state index in [0.717, 1.165) is 30.6 Å². The molecule has 23 heavy (non-hydrogen) atoms. The number of rotatable bonds is 11. The topological polar surface area (TPSA) is 64.6 Å². The first-order valence-corrected chi connectivity index (χ1v) is 8.21. The molecule has 0 saturated heterocycles. The third-order valence-electron chi connectivity index (χ3n) is 3.44. The Morgan fingerprint density at radius 1 is 1.04 bits per heavy atom. The van der Waals surface area contributed by atoms with Crippen molar-refractivity contribution in [3.8, 4) is 5.75 Å². The van der Waals surface area contributed by atoms with Gasteiger partial charge in [-0.15, -0.1) is 0 Å². The molecule has 1 rings (SSSR count). The summed E-state index contributed by atoms with van der Waals surface area (Å²) in [5, 5.41) is 2.84. The Labute approximate surface area is 138 Å². The van der Waals surface area contributed by atoms with Crippen molar-refractivity contribution in [2.75, 3.05) is 13.7 Å². The highest BCUT2D eigenvalue weighted by Crippen LogP contribution is 2.11. The molecule has 5 nitrogen and oxygen atoms in total. The number of amides is 1. The highest BCUT2D eigenvalue weighted by Gasteiger charge is 2.06. The number of carbonyl (C=O) groups is 2. The van der Waals surface area contributed by atoms with Gasteiger partial charge in [-0.25, -0.2) is 0 Å². The van der Waals surface area contributed by atoms with Crippen LogP contribution in [0.15, 0.2) is 24.3 Å². The van der Waals surface area contributed by atoms with Crippen LogP contribution in [0.5, 0.6) is 5.75 Å². The van der Waals surface area contributed by atoms with E-state index in [4.69, 9.17) is 9.47 Å². The molecule has 1 amide bonds. The van der Waals surface area contributed by atoms with Gasteiger partial charge in [-0.1, -0.05) is 31.9 Å². The lowest BCUT2D eigenvalue weighted by molar-refractivity contribution is -0.143. The maximum atomic E-state index is 11.7. The summed E-state index contributed by atoms with van der Waals surface area (Å²) in [6.45, 7) is 3.06. The van der Waals surface area contributed by atoms with Gasteiger partial charge in [-0.2, -0.15) is 0 Å². The smallest absolute Gasteiger partial charge is 0.305 e. The van der Waals surface area contributed by atoms with Crippen LogP contribution in [-0.4, -0.2) is 25.6 Å². The number of hydrogen-bond donors (Lipinski definition) is 1. The monoisotopic (exact) mass is 321 g/mol. The molecule has 0 radical (unpaired) electrons. The average Bonchev–Trinajstić information content (AvgIpc) is 2.57. The molecular formula is C18H27NO4. The van der Waals surface area contributed by atoms with Gasteiger partial charge in [0.2, 0.25) is 5.91 Å². The van der Waals surface area contributed by atoms with E-state index in [2.05, 4.69) is 12.2 Å². The van der Waals surface area contributed by atoms with E-state index in [0.29, 0.717) is 32.4 Å². The molecule has 0 aliphatic carbocycles. The Morgan fingerprint density at radius 2 is 1.78 bits per heavy atom. The number of methoxy groups -OCH3 is 1. The van der Waals surface area contributed by atoms with Crippen LogP contribution in [0, 0.1) is 0 Å². The Kier molecular flexibility index (Phi) is 9.52. The lowest BCUT2D eigenvalue weighted by Gasteiger charge is -2.07. The van der Waals surface area contributed by atoms with Crippen molar-refractivity contribution < 1.29 is 19.1 Å². The second-order valence-electron chi connectivity index (χ2n) is 5.41. The molecule has 0 bridgehead atoms. The van der Waals surface area contributed by atoms with Crippen LogP contribution in [-0.2, 0) is 20.9 Å². The fraction of sp³-hybridized carbons (Fsp3) is 0.556. The average molecular weight is 321 g/mol. The van der Waals surface area contributed by atoms with Crippen molar-refractivity contribution in [1.29, 1.82) is 0 Å². The Balaban J connectivity index is 2.10. The molecule has 0 aliphatic rings. The zero-order valence-electron chi connectivity index (χ0n) is 14.1. The molecule has 128 valence electrons. The van der Waals surface area contributed by atoms with Crippen molar-refractivity contribution in [3.63, 3.8) is 0 Å². The molecule has 0 heterocycles. The van der Waals surface area contributed by atoms with Crippen molar-refractivity contribution in [2.24, 2.45) is 0 Å². The van der Waals surface area contributed by atoms with Crippen molar-refractivity contribution in [3.05, 3.63) is 29.8 Å². The van der Waals surface area contributed by atoms with Crippen LogP contribution in [0.1, 0.15) is 51.0 Å². The third-order valence-corrected chi connectivity index (χ3v) is 3.44. The molecule has 0 saturated carbocycles. The number of carbonyl (C=O) groups excluding carboxylic acids is 2. The predicted molar refractivity (Wildman–Crippen MR) is 89.2 cm³/mol. The van der Waals surface area contributed by atoms with Crippen LogP contribution in [0.3, 0.4) is 0 Å². The number of nitrogens with one attached hydrogen (secondary N) is 1. The number of unbranched alkanes of at least 4 members (excludes halogenated alkanes) is 2. The summed E-state index contributed by atoms with van der Waals surface area (Å²) in [5.74, 6) is 0.515. The van der Waals surface area contributed by atoms with Crippen LogP contribution in [0.2, 0.25) is 0 Å². The molecule has 0 aliphatic heterocycles. The van der Waals surface area contributed by atoms with E-state index >= 15 is 0 Å². The normalized spacial score (nSPS) is 10.2. The van der Waals surface area contributed by atoms with E-state index in [1.807, 2.05) is 24.3 Å². The standard InChI is InChI=1S/C18H27NO4/c1-3-4-5-13-23-18(21)8-6-7-17(20)19-14-15-9-11-16(22-2)12-10-15/h9-12H,3-8,13-14H2,1-2H3,(H,19,20). The molecule has 5 heteroatoms. The van der Waals surface area contributed by atoms with Crippen LogP contribution >= 0.6 is 0 Å². The molecule has 0 aromatic heterocycles. The minimum atomic E-state index is -0.218. The van der Waals surface area contributed by atoms with Gasteiger partial charge in [0.15, 0.2) is 0 Å². The van der Waals surface area contributed by atoms with E-state index < -0.39 is 0 Å². The molecule has 1 aromatic rings. The summed E-state index contributed by atoms with van der Waals surface area (Å²) in [5.41, 5.74) is 1.01. The second-order valence-corrected chi connectivity index (χ2v) is 5.41. The van der Waals surface area contributed by atoms with E-state index in [1.54, 1.807) is 7.11 Å². The van der Waals surface area contributed by atoms with Crippen LogP contribution in [0.4, 0.5) is 0 Å². The number of hydrogen-bond acceptors (Lipinski definition) is 4. The minimum Gasteiger partial charge on any atom is -0.497 e. The SMILES string of the molecule is CCCCCOC(=O)CCCC(=O)NCc1ccc(OC)cc1. The molecule has 1 N–H and O–H groups in total. The maximum absolute atomic E-state index is 11.7. The number of benzene rings is 1. The summed E-state index contributed by atoms with van der Waals surface area (Å²) in [7, 11) is 1.62. The highest BCUT2D eigenvalue weighted by atomic mass is 16.5. The summed E-state index contributed by atoms with van der Waals surface area (Å²) in [6.07, 6.45) is 4.22. The number of ether oxygens (including phenoxy) is 2. The maximum Gasteiger partial charge on any atom is 0.305 e. The van der Waals surface area contributed by atoms with Gasteiger partial charge in [0.25, 0.3) is 0 Å². The Morgan fingerprint density at radius 3 is 2.43 bits per heavy atom. The highest BCUT2D eigenvalue weighted by molar-refractivity contribution is 5.77. The first-order chi connectivity index (χ1) is 11.2. The zero-order chi connectivity index (χ0) is 16.9. The molecule has 1 aromatic carbocycles. The largest absolute Gasteiger partial charge is 0.497 e. The minimum absolute atomic E-state index is 0.0559. The lowest BCUT2D eigenvalue weighted by atomic mass is 10.2. The molecular weight excluding hydrogens is 294 g/mol. The first-order valence-electron chi connectivity index (χ1n) is 8.21. The van der Waals surface area contributed by atoms with Gasteiger partial charge in [0.05, 0.1) is 13.7 Å². The molecule has 0 fully saturated rings. The summed E-state index contributed by atoms with van der Waals surface area (Å²) in [6, 6.07) is 7.53. The molecule has 0 atom stereocenters. The first kappa shape index (κ1) is 19.0. The lowest BCUT2D eigenvalue weighted by Crippen LogP contribution is -2.22. The Hall–Kier alpha value is -2.04. The van der Waals surface area contributed by atoms with Crippen molar-refractivity contribution in [2.45, 2.75) is 52.0 Å². The summed E-state index contributed by atoms with van der Waals surface area (Å²) < 4.78 is 10.2. The quantitative estimate of drug-likeness (QED) is 0.502. The third kappa shape index (κ3) is 8.86. The fourth-order valence-electron chi connectivity index (χ4n) is 2.04. The van der Waals surface area contributed by atoms with Gasteiger partial charge in [0, 0.05) is 19.4 Å². The molecule has 0 unspecified atom stereocenters. The van der Waals surface area contributed by atoms with Gasteiger partial charge < -0.3 is 14.8 Å². The van der Waals surface area contributed by atoms with E-state index in [1.165, 1.54) is 0 Å². The van der Waals surface area contributed by atoms with Gasteiger partial charge in [-0.05, 0) is 30.5 Å². The summed E-state index contributed by atoms with van der Waals surface area (Å²) >= 11 is 0. The van der Waals surface area contributed by atoms with Crippen LogP contribution < -0.4 is 10.1 Å².